The van der Waals surface area contributed by atoms with Gasteiger partial charge in [0.05, 0.1) is 10.9 Å². The molecule has 0 aromatic carbocycles. The van der Waals surface area contributed by atoms with Crippen molar-refractivity contribution in [1.82, 2.24) is 9.97 Å². The fraction of sp³-hybridized carbons (Fsp3) is 0.636. The van der Waals surface area contributed by atoms with E-state index >= 15 is 0 Å². The molecule has 0 spiro atoms. The summed E-state index contributed by atoms with van der Waals surface area (Å²) in [5, 5.41) is 0.871. The SMILES string of the molecule is CCC1SCCSC1c1nc(C)c(Br)c(=O)[nH]1. The molecule has 6 heteroatoms. The molecular formula is C11H15BrN2OS2. The molecule has 1 aliphatic heterocycles. The molecule has 1 aromatic rings. The number of aryl methyl sites for hydroxylation is 1. The summed E-state index contributed by atoms with van der Waals surface area (Å²) in [6.45, 7) is 4.06. The highest BCUT2D eigenvalue weighted by Gasteiger charge is 2.28. The predicted octanol–water partition coefficient (Wildman–Crippen LogP) is 3.14. The van der Waals surface area contributed by atoms with Crippen LogP contribution in [0.15, 0.2) is 9.27 Å². The minimum atomic E-state index is -0.0708. The van der Waals surface area contributed by atoms with Crippen molar-refractivity contribution in [3.05, 3.63) is 26.3 Å². The Morgan fingerprint density at radius 1 is 1.47 bits per heavy atom. The van der Waals surface area contributed by atoms with Crippen LogP contribution in [0.3, 0.4) is 0 Å². The Balaban J connectivity index is 2.35. The number of rotatable bonds is 2. The Labute approximate surface area is 118 Å². The summed E-state index contributed by atoms with van der Waals surface area (Å²) in [6, 6.07) is 0. The fourth-order valence-corrected chi connectivity index (χ4v) is 5.09. The third-order valence-electron chi connectivity index (χ3n) is 2.77. The maximum absolute atomic E-state index is 11.7. The van der Waals surface area contributed by atoms with Crippen molar-refractivity contribution in [3.63, 3.8) is 0 Å². The number of aromatic nitrogens is 2. The van der Waals surface area contributed by atoms with Gasteiger partial charge in [-0.25, -0.2) is 4.98 Å². The second-order valence-corrected chi connectivity index (χ2v) is 7.35. The summed E-state index contributed by atoms with van der Waals surface area (Å²) in [5.41, 5.74) is 0.702. The Kier molecular flexibility index (Phi) is 4.60. The molecule has 3 nitrogen and oxygen atoms in total. The van der Waals surface area contributed by atoms with Gasteiger partial charge in [0, 0.05) is 16.8 Å². The molecular weight excluding hydrogens is 320 g/mol. The molecule has 0 aliphatic carbocycles. The number of nitrogens with zero attached hydrogens (tertiary/aromatic N) is 1. The Hall–Kier alpha value is 0.0600. The summed E-state index contributed by atoms with van der Waals surface area (Å²) < 4.78 is 0.544. The van der Waals surface area contributed by atoms with E-state index in [4.69, 9.17) is 0 Å². The second-order valence-electron chi connectivity index (χ2n) is 3.96. The minimum Gasteiger partial charge on any atom is -0.309 e. The van der Waals surface area contributed by atoms with E-state index < -0.39 is 0 Å². The molecule has 1 aromatic heterocycles. The van der Waals surface area contributed by atoms with Gasteiger partial charge in [-0.05, 0) is 29.3 Å². The van der Waals surface area contributed by atoms with Crippen LogP contribution in [0.4, 0.5) is 0 Å². The molecule has 94 valence electrons. The van der Waals surface area contributed by atoms with Crippen molar-refractivity contribution in [3.8, 4) is 0 Å². The van der Waals surface area contributed by atoms with E-state index in [9.17, 15) is 4.79 Å². The van der Waals surface area contributed by atoms with Crippen molar-refractivity contribution in [2.24, 2.45) is 0 Å². The average molecular weight is 335 g/mol. The number of H-pyrrole nitrogens is 1. The topological polar surface area (TPSA) is 45.8 Å². The average Bonchev–Trinajstić information content (AvgIpc) is 2.35. The van der Waals surface area contributed by atoms with E-state index in [0.29, 0.717) is 15.0 Å². The largest absolute Gasteiger partial charge is 0.309 e. The highest BCUT2D eigenvalue weighted by molar-refractivity contribution is 9.10. The van der Waals surface area contributed by atoms with Gasteiger partial charge in [0.25, 0.3) is 5.56 Å². The second kappa shape index (κ2) is 5.80. The zero-order valence-electron chi connectivity index (χ0n) is 9.83. The van der Waals surface area contributed by atoms with Crippen LogP contribution < -0.4 is 5.56 Å². The lowest BCUT2D eigenvalue weighted by molar-refractivity contribution is 0.738. The molecule has 1 saturated heterocycles. The first-order chi connectivity index (χ1) is 8.13. The monoisotopic (exact) mass is 334 g/mol. The van der Waals surface area contributed by atoms with Gasteiger partial charge in [0.1, 0.15) is 10.3 Å². The highest BCUT2D eigenvalue weighted by Crippen LogP contribution is 2.42. The first-order valence-electron chi connectivity index (χ1n) is 5.63. The van der Waals surface area contributed by atoms with E-state index in [-0.39, 0.29) is 5.56 Å². The molecule has 1 aliphatic rings. The van der Waals surface area contributed by atoms with Crippen LogP contribution in [-0.2, 0) is 0 Å². The first-order valence-corrected chi connectivity index (χ1v) is 8.52. The van der Waals surface area contributed by atoms with E-state index in [2.05, 4.69) is 32.8 Å². The molecule has 0 saturated carbocycles. The minimum absolute atomic E-state index is 0.0708. The van der Waals surface area contributed by atoms with Gasteiger partial charge in [0.15, 0.2) is 0 Å². The molecule has 2 atom stereocenters. The van der Waals surface area contributed by atoms with Gasteiger partial charge in [-0.2, -0.15) is 11.8 Å². The zero-order valence-corrected chi connectivity index (χ0v) is 13.0. The van der Waals surface area contributed by atoms with E-state index in [1.54, 1.807) is 0 Å². The molecule has 0 radical (unpaired) electrons. The predicted molar refractivity (Wildman–Crippen MR) is 79.0 cm³/mol. The van der Waals surface area contributed by atoms with Gasteiger partial charge in [-0.1, -0.05) is 6.92 Å². The molecule has 1 N–H and O–H groups in total. The summed E-state index contributed by atoms with van der Waals surface area (Å²) in [6.07, 6.45) is 1.11. The van der Waals surface area contributed by atoms with Crippen molar-refractivity contribution in [1.29, 1.82) is 0 Å². The molecule has 2 heterocycles. The first kappa shape index (κ1) is 13.5. The number of halogens is 1. The van der Waals surface area contributed by atoms with Crippen molar-refractivity contribution >= 4 is 39.5 Å². The van der Waals surface area contributed by atoms with Crippen LogP contribution in [0.5, 0.6) is 0 Å². The summed E-state index contributed by atoms with van der Waals surface area (Å²) in [5.74, 6) is 3.16. The fourth-order valence-electron chi connectivity index (χ4n) is 1.88. The van der Waals surface area contributed by atoms with E-state index in [0.717, 1.165) is 23.7 Å². The van der Waals surface area contributed by atoms with Crippen LogP contribution in [0.25, 0.3) is 0 Å². The molecule has 1 fully saturated rings. The highest BCUT2D eigenvalue weighted by atomic mass is 79.9. The normalized spacial score (nSPS) is 24.9. The third kappa shape index (κ3) is 2.90. The van der Waals surface area contributed by atoms with Gasteiger partial charge in [-0.3, -0.25) is 4.79 Å². The lowest BCUT2D eigenvalue weighted by Crippen LogP contribution is -2.24. The Bertz CT molecular complexity index is 463. The summed E-state index contributed by atoms with van der Waals surface area (Å²) in [4.78, 5) is 19.2. The maximum Gasteiger partial charge on any atom is 0.265 e. The van der Waals surface area contributed by atoms with Crippen molar-refractivity contribution in [2.45, 2.75) is 30.8 Å². The molecule has 2 rings (SSSR count). The van der Waals surface area contributed by atoms with Crippen molar-refractivity contribution < 1.29 is 0 Å². The number of aromatic amines is 1. The maximum atomic E-state index is 11.7. The van der Waals surface area contributed by atoms with Crippen LogP contribution in [-0.4, -0.2) is 26.7 Å². The molecule has 0 amide bonds. The summed E-state index contributed by atoms with van der Waals surface area (Å²) >= 11 is 7.14. The summed E-state index contributed by atoms with van der Waals surface area (Å²) in [7, 11) is 0. The Morgan fingerprint density at radius 2 is 2.18 bits per heavy atom. The van der Waals surface area contributed by atoms with E-state index in [1.165, 1.54) is 5.75 Å². The van der Waals surface area contributed by atoms with Gasteiger partial charge >= 0.3 is 0 Å². The van der Waals surface area contributed by atoms with Gasteiger partial charge in [0.2, 0.25) is 0 Å². The standard InChI is InChI=1S/C11H15BrN2OS2/c1-3-7-9(17-5-4-16-7)10-13-6(2)8(12)11(15)14-10/h7,9H,3-5H2,1-2H3,(H,13,14,15). The molecule has 0 bridgehead atoms. The van der Waals surface area contributed by atoms with Gasteiger partial charge < -0.3 is 4.98 Å². The number of nitrogens with one attached hydrogen (secondary N) is 1. The molecule has 2 unspecified atom stereocenters. The lowest BCUT2D eigenvalue weighted by Gasteiger charge is -2.29. The number of hydrogen-bond acceptors (Lipinski definition) is 4. The molecule has 17 heavy (non-hydrogen) atoms. The number of thioether (sulfide) groups is 2. The Morgan fingerprint density at radius 3 is 2.82 bits per heavy atom. The number of hydrogen-bond donors (Lipinski definition) is 1. The van der Waals surface area contributed by atoms with Crippen LogP contribution >= 0.6 is 39.5 Å². The van der Waals surface area contributed by atoms with Gasteiger partial charge in [-0.15, -0.1) is 11.8 Å². The van der Waals surface area contributed by atoms with Crippen molar-refractivity contribution in [2.75, 3.05) is 11.5 Å². The van der Waals surface area contributed by atoms with Crippen LogP contribution in [0, 0.1) is 6.92 Å². The van der Waals surface area contributed by atoms with Crippen LogP contribution in [0.2, 0.25) is 0 Å². The van der Waals surface area contributed by atoms with E-state index in [1.807, 2.05) is 30.4 Å². The quantitative estimate of drug-likeness (QED) is 0.902. The smallest absolute Gasteiger partial charge is 0.265 e. The lowest BCUT2D eigenvalue weighted by atomic mass is 10.2. The zero-order chi connectivity index (χ0) is 12.4. The van der Waals surface area contributed by atoms with Crippen LogP contribution in [0.1, 0.15) is 30.1 Å². The third-order valence-corrected chi connectivity index (χ3v) is 6.96.